The first-order valence-corrected chi connectivity index (χ1v) is 7.33. The van der Waals surface area contributed by atoms with Gasteiger partial charge in [0.05, 0.1) is 16.6 Å². The Balaban J connectivity index is 2.07. The molecule has 2 aromatic rings. The fraction of sp³-hybridized carbons (Fsp3) is 0.312. The molecule has 5 heteroatoms. The van der Waals surface area contributed by atoms with Crippen molar-refractivity contribution in [3.8, 4) is 0 Å². The van der Waals surface area contributed by atoms with Crippen molar-refractivity contribution in [2.45, 2.75) is 25.0 Å². The topological polar surface area (TPSA) is 54.1 Å². The summed E-state index contributed by atoms with van der Waals surface area (Å²) in [6, 6.07) is 3.83. The number of carbonyl (C=O) groups excluding carboxylic acids is 1. The van der Waals surface area contributed by atoms with Crippen LogP contribution in [0.2, 0.25) is 5.02 Å². The number of halogens is 1. The molecule has 4 nitrogen and oxygen atoms in total. The summed E-state index contributed by atoms with van der Waals surface area (Å²) in [5, 5.41) is 5.06. The zero-order valence-corrected chi connectivity index (χ0v) is 12.5. The predicted molar refractivity (Wildman–Crippen MR) is 81.4 cm³/mol. The van der Waals surface area contributed by atoms with Crippen LogP contribution in [0.3, 0.4) is 0 Å². The average Bonchev–Trinajstić information content (AvgIpc) is 3.00. The minimum Gasteiger partial charge on any atom is -0.445 e. The molecule has 2 N–H and O–H groups in total. The molecule has 0 fully saturated rings. The van der Waals surface area contributed by atoms with Gasteiger partial charge in [-0.15, -0.1) is 0 Å². The van der Waals surface area contributed by atoms with Gasteiger partial charge in [-0.05, 0) is 38.1 Å². The van der Waals surface area contributed by atoms with Crippen LogP contribution in [0.25, 0.3) is 10.9 Å². The van der Waals surface area contributed by atoms with Gasteiger partial charge in [-0.2, -0.15) is 0 Å². The maximum absolute atomic E-state index is 12.0. The van der Waals surface area contributed by atoms with Crippen molar-refractivity contribution >= 4 is 28.5 Å². The Labute approximate surface area is 127 Å². The summed E-state index contributed by atoms with van der Waals surface area (Å²) in [6.45, 7) is 1.80. The van der Waals surface area contributed by atoms with Gasteiger partial charge in [0, 0.05) is 22.7 Å². The third-order valence-electron chi connectivity index (χ3n) is 4.59. The number of nitrogens with one attached hydrogen (secondary N) is 2. The monoisotopic (exact) mass is 302 g/mol. The van der Waals surface area contributed by atoms with Gasteiger partial charge in [0.2, 0.25) is 0 Å². The van der Waals surface area contributed by atoms with E-state index in [-0.39, 0.29) is 12.0 Å². The minimum absolute atomic E-state index is 0.00609. The Morgan fingerprint density at radius 1 is 1.48 bits per heavy atom. The molecule has 0 saturated carbocycles. The first-order valence-electron chi connectivity index (χ1n) is 6.96. The standard InChI is InChI=1S/C16H15ClN2O2/c1-8-6-16(21-15(8)20)10-3-4-11(17)14-13(10)9(7-19-14)5-12(16)18-2/h3-4,6-7,12,18-19H,5H2,1-2H3/t12-,16-/m0/s1. The molecule has 0 bridgehead atoms. The SMILES string of the molecule is CN[C@H]1Cc2c[nH]c3c(Cl)ccc(c23)[C@@]12C=C(C)C(=O)O2. The Kier molecular flexibility index (Phi) is 2.53. The molecule has 0 radical (unpaired) electrons. The largest absolute Gasteiger partial charge is 0.445 e. The van der Waals surface area contributed by atoms with Crippen molar-refractivity contribution in [1.82, 2.24) is 10.3 Å². The minimum atomic E-state index is -0.742. The van der Waals surface area contributed by atoms with Crippen LogP contribution >= 0.6 is 11.6 Å². The van der Waals surface area contributed by atoms with Crippen molar-refractivity contribution in [3.05, 3.63) is 46.1 Å². The number of hydrogen-bond donors (Lipinski definition) is 2. The number of fused-ring (bicyclic) bond motifs is 1. The predicted octanol–water partition coefficient (Wildman–Crippen LogP) is 2.66. The number of aromatic nitrogens is 1. The average molecular weight is 303 g/mol. The van der Waals surface area contributed by atoms with Gasteiger partial charge in [-0.3, -0.25) is 0 Å². The highest BCUT2D eigenvalue weighted by atomic mass is 35.5. The molecule has 1 aromatic heterocycles. The van der Waals surface area contributed by atoms with Crippen molar-refractivity contribution in [2.75, 3.05) is 7.05 Å². The number of benzene rings is 1. The lowest BCUT2D eigenvalue weighted by molar-refractivity contribution is -0.149. The third kappa shape index (κ3) is 1.52. The lowest BCUT2D eigenvalue weighted by Gasteiger charge is -2.39. The summed E-state index contributed by atoms with van der Waals surface area (Å²) >= 11 is 6.28. The molecule has 0 unspecified atom stereocenters. The molecule has 1 aliphatic carbocycles. The van der Waals surface area contributed by atoms with E-state index in [1.165, 1.54) is 5.56 Å². The number of likely N-dealkylation sites (N-methyl/N-ethyl adjacent to an activating group) is 1. The first kappa shape index (κ1) is 12.9. The Hall–Kier alpha value is -1.78. The zero-order valence-electron chi connectivity index (χ0n) is 11.8. The molecular weight excluding hydrogens is 288 g/mol. The quantitative estimate of drug-likeness (QED) is 0.796. The van der Waals surface area contributed by atoms with E-state index in [0.29, 0.717) is 10.6 Å². The highest BCUT2D eigenvalue weighted by molar-refractivity contribution is 6.35. The number of ether oxygens (including phenoxy) is 1. The van der Waals surface area contributed by atoms with E-state index >= 15 is 0 Å². The van der Waals surface area contributed by atoms with Gasteiger partial charge in [0.15, 0.2) is 5.60 Å². The summed E-state index contributed by atoms with van der Waals surface area (Å²) in [4.78, 5) is 15.2. The number of hydrogen-bond acceptors (Lipinski definition) is 3. The van der Waals surface area contributed by atoms with E-state index in [9.17, 15) is 4.79 Å². The zero-order chi connectivity index (χ0) is 14.8. The Morgan fingerprint density at radius 2 is 2.29 bits per heavy atom. The third-order valence-corrected chi connectivity index (χ3v) is 4.91. The summed E-state index contributed by atoms with van der Waals surface area (Å²) in [5.41, 5.74) is 3.01. The van der Waals surface area contributed by atoms with Crippen molar-refractivity contribution in [3.63, 3.8) is 0 Å². The second-order valence-electron chi connectivity index (χ2n) is 5.71. The maximum Gasteiger partial charge on any atom is 0.334 e. The summed E-state index contributed by atoms with van der Waals surface area (Å²) in [7, 11) is 1.90. The Bertz CT molecular complexity index is 808. The summed E-state index contributed by atoms with van der Waals surface area (Å²) in [5.74, 6) is -0.252. The Morgan fingerprint density at radius 3 is 2.95 bits per heavy atom. The molecule has 2 heterocycles. The van der Waals surface area contributed by atoms with Crippen LogP contribution in [0.1, 0.15) is 18.1 Å². The lowest BCUT2D eigenvalue weighted by atomic mass is 9.76. The second-order valence-corrected chi connectivity index (χ2v) is 6.12. The van der Waals surface area contributed by atoms with E-state index in [2.05, 4.69) is 10.3 Å². The van der Waals surface area contributed by atoms with Crippen LogP contribution in [0.5, 0.6) is 0 Å². The van der Waals surface area contributed by atoms with Crippen LogP contribution in [0.4, 0.5) is 0 Å². The van der Waals surface area contributed by atoms with Gasteiger partial charge in [-0.1, -0.05) is 17.7 Å². The fourth-order valence-electron chi connectivity index (χ4n) is 3.59. The van der Waals surface area contributed by atoms with Crippen LogP contribution in [-0.4, -0.2) is 24.0 Å². The number of esters is 1. The van der Waals surface area contributed by atoms with Crippen LogP contribution in [-0.2, 0) is 21.6 Å². The van der Waals surface area contributed by atoms with Crippen LogP contribution in [0.15, 0.2) is 30.0 Å². The molecule has 108 valence electrons. The normalized spacial score (nSPS) is 27.3. The lowest BCUT2D eigenvalue weighted by Crippen LogP contribution is -2.50. The molecule has 2 aliphatic rings. The molecule has 1 aromatic carbocycles. The van der Waals surface area contributed by atoms with Gasteiger partial charge in [0.25, 0.3) is 0 Å². The molecule has 2 atom stereocenters. The highest BCUT2D eigenvalue weighted by Crippen LogP contribution is 2.47. The smallest absolute Gasteiger partial charge is 0.334 e. The molecule has 4 rings (SSSR count). The number of rotatable bonds is 1. The summed E-state index contributed by atoms with van der Waals surface area (Å²) in [6.07, 6.45) is 4.71. The van der Waals surface area contributed by atoms with Crippen LogP contribution in [0, 0.1) is 0 Å². The van der Waals surface area contributed by atoms with E-state index < -0.39 is 5.60 Å². The van der Waals surface area contributed by atoms with E-state index in [1.54, 1.807) is 6.92 Å². The first-order chi connectivity index (χ1) is 10.1. The highest BCUT2D eigenvalue weighted by Gasteiger charge is 2.50. The van der Waals surface area contributed by atoms with Crippen molar-refractivity contribution in [2.24, 2.45) is 0 Å². The molecule has 1 aliphatic heterocycles. The van der Waals surface area contributed by atoms with Gasteiger partial charge in [0.1, 0.15) is 0 Å². The van der Waals surface area contributed by atoms with Crippen molar-refractivity contribution in [1.29, 1.82) is 0 Å². The second kappa shape index (κ2) is 4.12. The fourth-order valence-corrected chi connectivity index (χ4v) is 3.81. The number of H-pyrrole nitrogens is 1. The molecule has 0 amide bonds. The van der Waals surface area contributed by atoms with Gasteiger partial charge in [-0.25, -0.2) is 4.79 Å². The molecule has 0 saturated heterocycles. The van der Waals surface area contributed by atoms with Crippen molar-refractivity contribution < 1.29 is 9.53 Å². The molecular formula is C16H15ClN2O2. The maximum atomic E-state index is 12.0. The summed E-state index contributed by atoms with van der Waals surface area (Å²) < 4.78 is 5.81. The van der Waals surface area contributed by atoms with Gasteiger partial charge < -0.3 is 15.0 Å². The van der Waals surface area contributed by atoms with E-state index in [1.807, 2.05) is 31.5 Å². The van der Waals surface area contributed by atoms with E-state index in [4.69, 9.17) is 16.3 Å². The van der Waals surface area contributed by atoms with Crippen LogP contribution < -0.4 is 5.32 Å². The number of carbonyl (C=O) groups is 1. The molecule has 1 spiro atoms. The van der Waals surface area contributed by atoms with E-state index in [0.717, 1.165) is 22.9 Å². The van der Waals surface area contributed by atoms with Gasteiger partial charge >= 0.3 is 5.97 Å². The number of aromatic amines is 1. The molecule has 21 heavy (non-hydrogen) atoms.